The van der Waals surface area contributed by atoms with Crippen LogP contribution in [0.1, 0.15) is 23.6 Å². The lowest BCUT2D eigenvalue weighted by atomic mass is 9.96. The molecule has 1 aromatic rings. The summed E-state index contributed by atoms with van der Waals surface area (Å²) in [5, 5.41) is 0. The van der Waals surface area contributed by atoms with Crippen molar-refractivity contribution in [3.05, 3.63) is 41.9 Å². The van der Waals surface area contributed by atoms with E-state index in [0.29, 0.717) is 5.92 Å². The van der Waals surface area contributed by atoms with Crippen LogP contribution in [0, 0.1) is 6.92 Å². The van der Waals surface area contributed by atoms with Crippen molar-refractivity contribution in [2.75, 3.05) is 0 Å². The van der Waals surface area contributed by atoms with Crippen LogP contribution in [-0.4, -0.2) is 11.2 Å². The second kappa shape index (κ2) is 3.52. The van der Waals surface area contributed by atoms with Crippen LogP contribution in [0.4, 0.5) is 0 Å². The topological polar surface area (TPSA) is 25.2 Å². The highest BCUT2D eigenvalue weighted by atomic mass is 14.7. The van der Waals surface area contributed by atoms with Crippen molar-refractivity contribution in [2.45, 2.75) is 19.3 Å². The van der Waals surface area contributed by atoms with Crippen molar-refractivity contribution in [3.63, 3.8) is 0 Å². The van der Waals surface area contributed by atoms with Crippen molar-refractivity contribution in [3.8, 4) is 0 Å². The molecule has 0 bridgehead atoms. The Morgan fingerprint density at radius 1 is 1.38 bits per heavy atom. The molecule has 1 aliphatic rings. The summed E-state index contributed by atoms with van der Waals surface area (Å²) in [6, 6.07) is 4.19. The minimum Gasteiger partial charge on any atom is -0.269 e. The number of rotatable bonds is 1. The second-order valence-corrected chi connectivity index (χ2v) is 3.25. The minimum absolute atomic E-state index is 0.464. The van der Waals surface area contributed by atoms with Gasteiger partial charge in [-0.1, -0.05) is 12.1 Å². The lowest BCUT2D eigenvalue weighted by Crippen LogP contribution is -1.99. The van der Waals surface area contributed by atoms with Crippen LogP contribution in [-0.2, 0) is 0 Å². The first kappa shape index (κ1) is 8.17. The van der Waals surface area contributed by atoms with Gasteiger partial charge in [-0.2, -0.15) is 0 Å². The fourth-order valence-corrected chi connectivity index (χ4v) is 1.41. The molecule has 1 atom stereocenters. The van der Waals surface area contributed by atoms with Gasteiger partial charge in [0, 0.05) is 30.2 Å². The molecule has 2 nitrogen and oxygen atoms in total. The number of hydrogen-bond acceptors (Lipinski definition) is 2. The molecular weight excluding hydrogens is 160 g/mol. The Morgan fingerprint density at radius 3 is 2.92 bits per heavy atom. The molecule has 0 aromatic carbocycles. The molecule has 66 valence electrons. The van der Waals surface area contributed by atoms with Crippen LogP contribution in [0.25, 0.3) is 0 Å². The molecule has 2 rings (SSSR count). The molecule has 0 fully saturated rings. The third-order valence-electron chi connectivity index (χ3n) is 2.23. The maximum Gasteiger partial charge on any atom is 0.0372 e. The SMILES string of the molecule is Cc1ccc(C2C=CN=CC2)cn1. The monoisotopic (exact) mass is 172 g/mol. The normalized spacial score (nSPS) is 20.5. The van der Waals surface area contributed by atoms with Crippen molar-refractivity contribution in [1.29, 1.82) is 0 Å². The van der Waals surface area contributed by atoms with Gasteiger partial charge in [0.2, 0.25) is 0 Å². The van der Waals surface area contributed by atoms with E-state index in [1.165, 1.54) is 5.56 Å². The molecule has 0 saturated heterocycles. The van der Waals surface area contributed by atoms with Crippen molar-refractivity contribution in [2.24, 2.45) is 4.99 Å². The lowest BCUT2D eigenvalue weighted by molar-refractivity contribution is 0.875. The largest absolute Gasteiger partial charge is 0.269 e. The smallest absolute Gasteiger partial charge is 0.0372 e. The second-order valence-electron chi connectivity index (χ2n) is 3.25. The van der Waals surface area contributed by atoms with Gasteiger partial charge >= 0.3 is 0 Å². The Labute approximate surface area is 78.0 Å². The summed E-state index contributed by atoms with van der Waals surface area (Å²) in [4.78, 5) is 8.32. The van der Waals surface area contributed by atoms with Crippen molar-refractivity contribution < 1.29 is 0 Å². The third kappa shape index (κ3) is 1.83. The van der Waals surface area contributed by atoms with Gasteiger partial charge in [0.1, 0.15) is 0 Å². The van der Waals surface area contributed by atoms with E-state index in [9.17, 15) is 0 Å². The van der Waals surface area contributed by atoms with Gasteiger partial charge in [-0.15, -0.1) is 0 Å². The van der Waals surface area contributed by atoms with Crippen LogP contribution in [0.2, 0.25) is 0 Å². The summed E-state index contributed by atoms with van der Waals surface area (Å²) in [6.45, 7) is 2.00. The van der Waals surface area contributed by atoms with Gasteiger partial charge in [0.15, 0.2) is 0 Å². The Morgan fingerprint density at radius 2 is 2.31 bits per heavy atom. The number of hydrogen-bond donors (Lipinski definition) is 0. The van der Waals surface area contributed by atoms with Crippen molar-refractivity contribution in [1.82, 2.24) is 4.98 Å². The average Bonchev–Trinajstić information content (AvgIpc) is 2.20. The zero-order valence-corrected chi connectivity index (χ0v) is 7.64. The summed E-state index contributed by atoms with van der Waals surface area (Å²) in [5.74, 6) is 0.464. The Hall–Kier alpha value is -1.44. The quantitative estimate of drug-likeness (QED) is 0.638. The van der Waals surface area contributed by atoms with Gasteiger partial charge in [-0.05, 0) is 25.0 Å². The number of nitrogens with zero attached hydrogens (tertiary/aromatic N) is 2. The molecule has 2 heteroatoms. The molecule has 2 heterocycles. The minimum atomic E-state index is 0.464. The van der Waals surface area contributed by atoms with Crippen LogP contribution in [0.3, 0.4) is 0 Å². The maximum absolute atomic E-state index is 4.28. The maximum atomic E-state index is 4.28. The molecule has 0 amide bonds. The number of aryl methyl sites for hydroxylation is 1. The number of allylic oxidation sites excluding steroid dienone is 1. The standard InChI is InChI=1S/C11H12N2/c1-9-2-3-11(8-13-9)10-4-6-12-7-5-10/h2-4,6-8,10H,5H2,1H3. The van der Waals surface area contributed by atoms with E-state index in [1.807, 2.05) is 25.5 Å². The van der Waals surface area contributed by atoms with E-state index >= 15 is 0 Å². The molecule has 0 radical (unpaired) electrons. The highest BCUT2D eigenvalue weighted by Crippen LogP contribution is 2.21. The van der Waals surface area contributed by atoms with Gasteiger partial charge < -0.3 is 0 Å². The first-order valence-corrected chi connectivity index (χ1v) is 4.47. The molecular formula is C11H12N2. The molecule has 1 unspecified atom stereocenters. The van der Waals surface area contributed by atoms with E-state index < -0.39 is 0 Å². The van der Waals surface area contributed by atoms with Crippen LogP contribution < -0.4 is 0 Å². The predicted octanol–water partition coefficient (Wildman–Crippen LogP) is 2.46. The molecule has 0 spiro atoms. The Balaban J connectivity index is 2.21. The summed E-state index contributed by atoms with van der Waals surface area (Å²) in [7, 11) is 0. The van der Waals surface area contributed by atoms with Gasteiger partial charge in [0.25, 0.3) is 0 Å². The van der Waals surface area contributed by atoms with E-state index in [-0.39, 0.29) is 0 Å². The predicted molar refractivity (Wildman–Crippen MR) is 54.0 cm³/mol. The van der Waals surface area contributed by atoms with Crippen LogP contribution in [0.5, 0.6) is 0 Å². The highest BCUT2D eigenvalue weighted by molar-refractivity contribution is 5.62. The molecule has 0 saturated carbocycles. The van der Waals surface area contributed by atoms with Crippen LogP contribution in [0.15, 0.2) is 35.6 Å². The first-order chi connectivity index (χ1) is 6.36. The van der Waals surface area contributed by atoms with E-state index in [0.717, 1.165) is 12.1 Å². The van der Waals surface area contributed by atoms with Gasteiger partial charge in [0.05, 0.1) is 0 Å². The molecule has 13 heavy (non-hydrogen) atoms. The fourth-order valence-electron chi connectivity index (χ4n) is 1.41. The molecule has 1 aromatic heterocycles. The average molecular weight is 172 g/mol. The molecule has 1 aliphatic heterocycles. The lowest BCUT2D eigenvalue weighted by Gasteiger charge is -2.11. The summed E-state index contributed by atoms with van der Waals surface area (Å²) >= 11 is 0. The van der Waals surface area contributed by atoms with E-state index in [4.69, 9.17) is 0 Å². The first-order valence-electron chi connectivity index (χ1n) is 4.47. The highest BCUT2D eigenvalue weighted by Gasteiger charge is 2.08. The third-order valence-corrected chi connectivity index (χ3v) is 2.23. The van der Waals surface area contributed by atoms with Crippen LogP contribution >= 0.6 is 0 Å². The van der Waals surface area contributed by atoms with E-state index in [1.54, 1.807) is 0 Å². The number of aromatic nitrogens is 1. The van der Waals surface area contributed by atoms with E-state index in [2.05, 4.69) is 28.2 Å². The summed E-state index contributed by atoms with van der Waals surface area (Å²) in [6.07, 6.45) is 8.86. The van der Waals surface area contributed by atoms with Crippen molar-refractivity contribution >= 4 is 6.21 Å². The fraction of sp³-hybridized carbons (Fsp3) is 0.273. The number of pyridine rings is 1. The Kier molecular flexibility index (Phi) is 2.21. The number of aliphatic imine (C=N–C) groups is 1. The summed E-state index contributed by atoms with van der Waals surface area (Å²) in [5.41, 5.74) is 2.34. The molecule has 0 aliphatic carbocycles. The Bertz CT molecular complexity index is 336. The zero-order chi connectivity index (χ0) is 9.10. The molecule has 0 N–H and O–H groups in total. The summed E-state index contributed by atoms with van der Waals surface area (Å²) < 4.78 is 0. The van der Waals surface area contributed by atoms with Gasteiger partial charge in [-0.3, -0.25) is 9.98 Å². The zero-order valence-electron chi connectivity index (χ0n) is 7.64. The van der Waals surface area contributed by atoms with Gasteiger partial charge in [-0.25, -0.2) is 0 Å².